The van der Waals surface area contributed by atoms with Crippen LogP contribution >= 0.6 is 0 Å². The Morgan fingerprint density at radius 1 is 0.380 bits per heavy atom. The van der Waals surface area contributed by atoms with Crippen LogP contribution in [0.4, 0.5) is 0 Å². The van der Waals surface area contributed by atoms with Crippen molar-refractivity contribution in [1.82, 2.24) is 24.1 Å². The lowest BCUT2D eigenvalue weighted by Gasteiger charge is -2.12. The summed E-state index contributed by atoms with van der Waals surface area (Å²) in [5.74, 6) is 0.838. The first-order chi connectivity index (χ1) is 24.8. The monoisotopic (exact) mass is 637 g/mol. The Hall–Kier alpha value is -6.85. The summed E-state index contributed by atoms with van der Waals surface area (Å²) in [6.45, 7) is 0. The van der Waals surface area contributed by atoms with E-state index in [1.165, 1.54) is 43.4 Å². The lowest BCUT2D eigenvalue weighted by atomic mass is 9.99. The number of benzene rings is 7. The minimum atomic E-state index is 0.815. The highest BCUT2D eigenvalue weighted by atomic mass is 15.1. The van der Waals surface area contributed by atoms with Gasteiger partial charge in [0, 0.05) is 49.8 Å². The van der Waals surface area contributed by atoms with Gasteiger partial charge in [-0.3, -0.25) is 9.55 Å². The van der Waals surface area contributed by atoms with E-state index in [1.807, 2.05) is 18.5 Å². The second kappa shape index (κ2) is 10.3. The molecule has 0 amide bonds. The van der Waals surface area contributed by atoms with Gasteiger partial charge in [-0.25, -0.2) is 9.97 Å². The van der Waals surface area contributed by atoms with Crippen LogP contribution < -0.4 is 0 Å². The second-order valence-corrected chi connectivity index (χ2v) is 12.9. The predicted molar refractivity (Wildman–Crippen MR) is 206 cm³/mol. The normalized spacial score (nSPS) is 12.0. The molecule has 0 atom stereocenters. The van der Waals surface area contributed by atoms with Gasteiger partial charge in [0.2, 0.25) is 0 Å². The first-order valence-electron chi connectivity index (χ1n) is 16.9. The molecule has 0 N–H and O–H groups in total. The summed E-state index contributed by atoms with van der Waals surface area (Å²) < 4.78 is 4.67. The Balaban J connectivity index is 1.16. The molecule has 0 fully saturated rings. The van der Waals surface area contributed by atoms with Gasteiger partial charge in [0.1, 0.15) is 5.82 Å². The third kappa shape index (κ3) is 3.80. The van der Waals surface area contributed by atoms with Crippen LogP contribution in [0, 0.1) is 0 Å². The Morgan fingerprint density at radius 3 is 1.60 bits per heavy atom. The molecule has 0 radical (unpaired) electrons. The van der Waals surface area contributed by atoms with Crippen LogP contribution in [0.1, 0.15) is 0 Å². The molecule has 0 aliphatic rings. The maximum absolute atomic E-state index is 5.28. The number of pyridine rings is 1. The molecule has 0 spiro atoms. The van der Waals surface area contributed by atoms with E-state index >= 15 is 0 Å². The molecule has 50 heavy (non-hydrogen) atoms. The molecule has 0 aliphatic heterocycles. The SMILES string of the molecule is c1ccc(-n2c3ccccc3c3cc4c(cc32)c2ccccc2n4-c2cc(-c3cnc4c5ccccc5c5ccccc5c4n3)ccn2)cc1. The second-order valence-electron chi connectivity index (χ2n) is 12.9. The molecule has 5 heteroatoms. The predicted octanol–water partition coefficient (Wildman–Crippen LogP) is 11.2. The lowest BCUT2D eigenvalue weighted by molar-refractivity contribution is 1.08. The van der Waals surface area contributed by atoms with E-state index in [0.717, 1.165) is 55.6 Å². The Morgan fingerprint density at radius 2 is 0.920 bits per heavy atom. The maximum atomic E-state index is 5.28. The smallest absolute Gasteiger partial charge is 0.138 e. The summed E-state index contributed by atoms with van der Waals surface area (Å²) >= 11 is 0. The summed E-state index contributed by atoms with van der Waals surface area (Å²) in [4.78, 5) is 15.3. The Labute approximate surface area is 286 Å². The van der Waals surface area contributed by atoms with Crippen molar-refractivity contribution in [2.24, 2.45) is 0 Å². The van der Waals surface area contributed by atoms with E-state index in [1.54, 1.807) is 0 Å². The van der Waals surface area contributed by atoms with E-state index in [4.69, 9.17) is 15.0 Å². The molecule has 0 bridgehead atoms. The zero-order valence-electron chi connectivity index (χ0n) is 26.8. The summed E-state index contributed by atoms with van der Waals surface area (Å²) in [6.07, 6.45) is 3.78. The molecular formula is C45H27N5. The first-order valence-corrected chi connectivity index (χ1v) is 16.9. The van der Waals surface area contributed by atoms with Crippen molar-refractivity contribution >= 4 is 76.2 Å². The zero-order valence-corrected chi connectivity index (χ0v) is 26.8. The van der Waals surface area contributed by atoms with Crippen molar-refractivity contribution in [1.29, 1.82) is 0 Å². The summed E-state index contributed by atoms with van der Waals surface area (Å²) in [5.41, 5.74) is 9.34. The molecule has 0 aliphatic carbocycles. The maximum Gasteiger partial charge on any atom is 0.138 e. The third-order valence-corrected chi connectivity index (χ3v) is 10.2. The van der Waals surface area contributed by atoms with Crippen molar-refractivity contribution < 1.29 is 0 Å². The highest BCUT2D eigenvalue weighted by molar-refractivity contribution is 6.23. The molecule has 4 aromatic heterocycles. The van der Waals surface area contributed by atoms with Crippen LogP contribution in [0.3, 0.4) is 0 Å². The number of hydrogen-bond donors (Lipinski definition) is 0. The van der Waals surface area contributed by atoms with Crippen molar-refractivity contribution in [3.63, 3.8) is 0 Å². The molecule has 11 aromatic rings. The summed E-state index contributed by atoms with van der Waals surface area (Å²) in [5, 5.41) is 9.38. The standard InChI is InChI=1S/C45H27N5/c1-2-12-29(13-3-1)49-39-20-10-8-16-32(39)36-26-42-37(25-41(36)49)33-17-9-11-21-40(33)50(42)43-24-28(22-23-46-43)38-27-47-44-34-18-6-4-14-30(34)31-15-5-7-19-35(31)45(44)48-38/h1-27H. The van der Waals surface area contributed by atoms with Crippen LogP contribution in [0.25, 0.3) is 99.0 Å². The summed E-state index contributed by atoms with van der Waals surface area (Å²) in [6, 6.07) is 53.7. The van der Waals surface area contributed by atoms with E-state index in [2.05, 4.69) is 155 Å². The first kappa shape index (κ1) is 27.1. The van der Waals surface area contributed by atoms with Crippen LogP contribution in [0.5, 0.6) is 0 Å². The summed E-state index contributed by atoms with van der Waals surface area (Å²) in [7, 11) is 0. The fourth-order valence-electron chi connectivity index (χ4n) is 7.99. The van der Waals surface area contributed by atoms with E-state index in [9.17, 15) is 0 Å². The van der Waals surface area contributed by atoms with Crippen molar-refractivity contribution in [3.05, 3.63) is 164 Å². The molecule has 0 unspecified atom stereocenters. The molecule has 0 saturated carbocycles. The molecular weight excluding hydrogens is 611 g/mol. The highest BCUT2D eigenvalue weighted by Crippen LogP contribution is 2.40. The van der Waals surface area contributed by atoms with Crippen LogP contribution in [-0.4, -0.2) is 24.1 Å². The fourth-order valence-corrected chi connectivity index (χ4v) is 7.99. The zero-order chi connectivity index (χ0) is 32.8. The quantitative estimate of drug-likeness (QED) is 0.181. The number of aromatic nitrogens is 5. The Kier molecular flexibility index (Phi) is 5.60. The minimum absolute atomic E-state index is 0.815. The molecule has 0 saturated heterocycles. The van der Waals surface area contributed by atoms with Crippen molar-refractivity contribution in [2.45, 2.75) is 0 Å². The van der Waals surface area contributed by atoms with Gasteiger partial charge in [-0.15, -0.1) is 0 Å². The van der Waals surface area contributed by atoms with Gasteiger partial charge >= 0.3 is 0 Å². The van der Waals surface area contributed by atoms with Crippen LogP contribution in [-0.2, 0) is 0 Å². The van der Waals surface area contributed by atoms with Crippen LogP contribution in [0.2, 0.25) is 0 Å². The van der Waals surface area contributed by atoms with Gasteiger partial charge in [-0.2, -0.15) is 0 Å². The third-order valence-electron chi connectivity index (χ3n) is 10.2. The minimum Gasteiger partial charge on any atom is -0.309 e. The lowest BCUT2D eigenvalue weighted by Crippen LogP contribution is -1.98. The number of nitrogens with zero attached hydrogens (tertiary/aromatic N) is 5. The molecule has 11 rings (SSSR count). The molecule has 5 nitrogen and oxygen atoms in total. The number of fused-ring (bicyclic) bond motifs is 12. The average molecular weight is 638 g/mol. The van der Waals surface area contributed by atoms with Gasteiger partial charge in [0.05, 0.1) is 45.0 Å². The van der Waals surface area contributed by atoms with Gasteiger partial charge in [-0.1, -0.05) is 103 Å². The van der Waals surface area contributed by atoms with Gasteiger partial charge in [0.15, 0.2) is 0 Å². The van der Waals surface area contributed by atoms with Crippen molar-refractivity contribution in [2.75, 3.05) is 0 Å². The average Bonchev–Trinajstić information content (AvgIpc) is 3.69. The largest absolute Gasteiger partial charge is 0.309 e. The number of hydrogen-bond acceptors (Lipinski definition) is 3. The van der Waals surface area contributed by atoms with E-state index < -0.39 is 0 Å². The van der Waals surface area contributed by atoms with Crippen molar-refractivity contribution in [3.8, 4) is 22.8 Å². The molecule has 232 valence electrons. The molecule has 4 heterocycles. The van der Waals surface area contributed by atoms with Gasteiger partial charge in [0.25, 0.3) is 0 Å². The van der Waals surface area contributed by atoms with Crippen LogP contribution in [0.15, 0.2) is 164 Å². The fraction of sp³-hybridized carbons (Fsp3) is 0. The molecule has 7 aromatic carbocycles. The Bertz CT molecular complexity index is 3120. The van der Waals surface area contributed by atoms with E-state index in [0.29, 0.717) is 0 Å². The number of rotatable bonds is 3. The highest BCUT2D eigenvalue weighted by Gasteiger charge is 2.19. The number of para-hydroxylation sites is 3. The van der Waals surface area contributed by atoms with Gasteiger partial charge in [-0.05, 0) is 59.3 Å². The van der Waals surface area contributed by atoms with E-state index in [-0.39, 0.29) is 0 Å². The van der Waals surface area contributed by atoms with Gasteiger partial charge < -0.3 is 4.57 Å². The topological polar surface area (TPSA) is 48.5 Å².